The highest BCUT2D eigenvalue weighted by Crippen LogP contribution is 2.29. The van der Waals surface area contributed by atoms with Crippen LogP contribution in [0.2, 0.25) is 0 Å². The zero-order valence-corrected chi connectivity index (χ0v) is 14.7. The maximum atomic E-state index is 11.5. The summed E-state index contributed by atoms with van der Waals surface area (Å²) in [5.41, 5.74) is 6.37. The number of hydrogen-bond acceptors (Lipinski definition) is 6. The quantitative estimate of drug-likeness (QED) is 0.772. The van der Waals surface area contributed by atoms with Crippen LogP contribution in [0.4, 0.5) is 5.69 Å². The van der Waals surface area contributed by atoms with Crippen molar-refractivity contribution >= 4 is 15.5 Å². The molecule has 0 saturated heterocycles. The van der Waals surface area contributed by atoms with E-state index in [-0.39, 0.29) is 11.0 Å². The van der Waals surface area contributed by atoms with Gasteiger partial charge in [-0.3, -0.25) is 0 Å². The molecule has 0 amide bonds. The number of nitrogens with two attached hydrogens (primary N) is 1. The summed E-state index contributed by atoms with van der Waals surface area (Å²) in [7, 11) is -1.63. The van der Waals surface area contributed by atoms with Crippen molar-refractivity contribution in [1.29, 1.82) is 0 Å². The van der Waals surface area contributed by atoms with Gasteiger partial charge in [0.15, 0.2) is 9.84 Å². The molecule has 0 fully saturated rings. The van der Waals surface area contributed by atoms with Crippen molar-refractivity contribution in [3.05, 3.63) is 42.5 Å². The van der Waals surface area contributed by atoms with Gasteiger partial charge in [0.05, 0.1) is 11.5 Å². The average molecular weight is 351 g/mol. The standard InChI is InChI=1S/C17H21NO5S/c1-12(11-21-2)22-15-8-13(18)9-16(10-15)23-14-4-6-17(7-5-14)24(3,19)20/h4-10,12H,11,18H2,1-3H3. The summed E-state index contributed by atoms with van der Waals surface area (Å²) in [6.45, 7) is 2.34. The number of anilines is 1. The predicted molar refractivity (Wildman–Crippen MR) is 92.4 cm³/mol. The van der Waals surface area contributed by atoms with Crippen LogP contribution in [0.1, 0.15) is 6.92 Å². The lowest BCUT2D eigenvalue weighted by Gasteiger charge is -2.15. The minimum absolute atomic E-state index is 0.126. The van der Waals surface area contributed by atoms with Crippen molar-refractivity contribution in [3.63, 3.8) is 0 Å². The summed E-state index contributed by atoms with van der Waals surface area (Å²) < 4.78 is 39.4. The number of methoxy groups -OCH3 is 1. The van der Waals surface area contributed by atoms with Crippen LogP contribution in [-0.4, -0.2) is 34.5 Å². The zero-order valence-electron chi connectivity index (χ0n) is 13.9. The Hall–Kier alpha value is -2.25. The highest BCUT2D eigenvalue weighted by Gasteiger charge is 2.09. The molecule has 0 spiro atoms. The van der Waals surface area contributed by atoms with Gasteiger partial charge in [-0.25, -0.2) is 8.42 Å². The molecule has 0 radical (unpaired) electrons. The van der Waals surface area contributed by atoms with E-state index in [1.165, 1.54) is 12.1 Å². The third-order valence-electron chi connectivity index (χ3n) is 3.13. The van der Waals surface area contributed by atoms with Crippen LogP contribution in [0, 0.1) is 0 Å². The second kappa shape index (κ2) is 7.55. The first-order valence-corrected chi connectivity index (χ1v) is 9.21. The van der Waals surface area contributed by atoms with Crippen molar-refractivity contribution in [2.45, 2.75) is 17.9 Å². The van der Waals surface area contributed by atoms with Gasteiger partial charge in [-0.2, -0.15) is 0 Å². The Bertz CT molecular complexity index is 787. The fourth-order valence-corrected chi connectivity index (χ4v) is 2.74. The Kier molecular flexibility index (Phi) is 5.69. The summed E-state index contributed by atoms with van der Waals surface area (Å²) >= 11 is 0. The van der Waals surface area contributed by atoms with Gasteiger partial charge in [0.2, 0.25) is 0 Å². The SMILES string of the molecule is COCC(C)Oc1cc(N)cc(Oc2ccc(S(C)(=O)=O)cc2)c1. The predicted octanol–water partition coefficient (Wildman–Crippen LogP) is 2.88. The van der Waals surface area contributed by atoms with E-state index in [2.05, 4.69) is 0 Å². The topological polar surface area (TPSA) is 87.8 Å². The third kappa shape index (κ3) is 5.14. The fourth-order valence-electron chi connectivity index (χ4n) is 2.11. The maximum Gasteiger partial charge on any atom is 0.175 e. The molecule has 6 nitrogen and oxygen atoms in total. The van der Waals surface area contributed by atoms with E-state index >= 15 is 0 Å². The molecular weight excluding hydrogens is 330 g/mol. The first kappa shape index (κ1) is 18.1. The number of sulfone groups is 1. The number of ether oxygens (including phenoxy) is 3. The van der Waals surface area contributed by atoms with Gasteiger partial charge in [-0.05, 0) is 31.2 Å². The van der Waals surface area contributed by atoms with Gasteiger partial charge in [-0.1, -0.05) is 0 Å². The molecule has 0 aliphatic carbocycles. The van der Waals surface area contributed by atoms with Crippen LogP contribution in [0.15, 0.2) is 47.4 Å². The molecule has 0 aliphatic rings. The smallest absolute Gasteiger partial charge is 0.175 e. The summed E-state index contributed by atoms with van der Waals surface area (Å²) in [6, 6.07) is 11.3. The van der Waals surface area contributed by atoms with E-state index in [0.29, 0.717) is 29.5 Å². The Morgan fingerprint density at radius 1 is 1.04 bits per heavy atom. The first-order valence-electron chi connectivity index (χ1n) is 7.32. The van der Waals surface area contributed by atoms with Crippen molar-refractivity contribution in [1.82, 2.24) is 0 Å². The monoisotopic (exact) mass is 351 g/mol. The summed E-state index contributed by atoms with van der Waals surface area (Å²) in [5, 5.41) is 0. The van der Waals surface area contributed by atoms with E-state index in [0.717, 1.165) is 6.26 Å². The van der Waals surface area contributed by atoms with Gasteiger partial charge in [0.25, 0.3) is 0 Å². The van der Waals surface area contributed by atoms with Crippen LogP contribution in [0.5, 0.6) is 17.2 Å². The zero-order chi connectivity index (χ0) is 17.7. The van der Waals surface area contributed by atoms with E-state index in [1.54, 1.807) is 37.4 Å². The molecule has 2 aromatic rings. The molecule has 2 N–H and O–H groups in total. The number of hydrogen-bond donors (Lipinski definition) is 1. The highest BCUT2D eigenvalue weighted by atomic mass is 32.2. The van der Waals surface area contributed by atoms with Crippen LogP contribution in [0.3, 0.4) is 0 Å². The van der Waals surface area contributed by atoms with Crippen molar-refractivity contribution in [2.24, 2.45) is 0 Å². The van der Waals surface area contributed by atoms with Gasteiger partial charge < -0.3 is 19.9 Å². The van der Waals surface area contributed by atoms with Gasteiger partial charge in [0, 0.05) is 37.3 Å². The Morgan fingerprint density at radius 2 is 1.67 bits per heavy atom. The summed E-state index contributed by atoms with van der Waals surface area (Å²) in [5.74, 6) is 1.58. The van der Waals surface area contributed by atoms with Crippen LogP contribution >= 0.6 is 0 Å². The third-order valence-corrected chi connectivity index (χ3v) is 4.26. The van der Waals surface area contributed by atoms with E-state index in [1.807, 2.05) is 6.92 Å². The fraction of sp³-hybridized carbons (Fsp3) is 0.294. The number of rotatable bonds is 7. The molecule has 1 unspecified atom stereocenters. The van der Waals surface area contributed by atoms with Crippen molar-refractivity contribution in [2.75, 3.05) is 25.7 Å². The lowest BCUT2D eigenvalue weighted by atomic mass is 10.2. The molecule has 130 valence electrons. The lowest BCUT2D eigenvalue weighted by molar-refractivity contribution is 0.0920. The minimum Gasteiger partial charge on any atom is -0.488 e. The highest BCUT2D eigenvalue weighted by molar-refractivity contribution is 7.90. The molecule has 0 heterocycles. The van der Waals surface area contributed by atoms with Gasteiger partial charge >= 0.3 is 0 Å². The van der Waals surface area contributed by atoms with Crippen LogP contribution in [0.25, 0.3) is 0 Å². The Labute approximate surface area is 142 Å². The largest absolute Gasteiger partial charge is 0.488 e. The minimum atomic E-state index is -3.23. The molecular formula is C17H21NO5S. The molecule has 1 atom stereocenters. The molecule has 2 aromatic carbocycles. The molecule has 0 aromatic heterocycles. The van der Waals surface area contributed by atoms with E-state index < -0.39 is 9.84 Å². The Balaban J connectivity index is 2.16. The van der Waals surface area contributed by atoms with Gasteiger partial charge in [0.1, 0.15) is 23.4 Å². The van der Waals surface area contributed by atoms with E-state index in [4.69, 9.17) is 19.9 Å². The Morgan fingerprint density at radius 3 is 2.25 bits per heavy atom. The molecule has 7 heteroatoms. The first-order chi connectivity index (χ1) is 11.3. The van der Waals surface area contributed by atoms with Gasteiger partial charge in [-0.15, -0.1) is 0 Å². The summed E-state index contributed by atoms with van der Waals surface area (Å²) in [4.78, 5) is 0.236. The maximum absolute atomic E-state index is 11.5. The molecule has 0 bridgehead atoms. The molecule has 2 rings (SSSR count). The average Bonchev–Trinajstić information content (AvgIpc) is 2.46. The van der Waals surface area contributed by atoms with E-state index in [9.17, 15) is 8.42 Å². The number of nitrogen functional groups attached to an aromatic ring is 1. The lowest BCUT2D eigenvalue weighted by Crippen LogP contribution is -2.18. The van der Waals surface area contributed by atoms with Crippen molar-refractivity contribution < 1.29 is 22.6 Å². The van der Waals surface area contributed by atoms with Crippen LogP contribution < -0.4 is 15.2 Å². The molecule has 24 heavy (non-hydrogen) atoms. The van der Waals surface area contributed by atoms with Crippen molar-refractivity contribution in [3.8, 4) is 17.2 Å². The second-order valence-corrected chi connectivity index (χ2v) is 7.48. The normalized spacial score (nSPS) is 12.6. The second-order valence-electron chi connectivity index (χ2n) is 5.47. The molecule has 0 aliphatic heterocycles. The summed E-state index contributed by atoms with van der Waals surface area (Å²) in [6.07, 6.45) is 1.03. The number of benzene rings is 2. The van der Waals surface area contributed by atoms with Crippen LogP contribution in [-0.2, 0) is 14.6 Å². The molecule has 0 saturated carbocycles.